The van der Waals surface area contributed by atoms with Crippen molar-refractivity contribution < 1.29 is 4.79 Å². The molecular weight excluding hydrogens is 380 g/mol. The number of aryl methyl sites for hydroxylation is 1. The molecule has 29 heavy (non-hydrogen) atoms. The molecule has 144 valence electrons. The Balaban J connectivity index is 1.61. The number of nitrogens with one attached hydrogen (secondary N) is 2. The number of amides is 1. The quantitative estimate of drug-likeness (QED) is 0.497. The summed E-state index contributed by atoms with van der Waals surface area (Å²) < 4.78 is 0. The second kappa shape index (κ2) is 8.32. The lowest BCUT2D eigenvalue weighted by atomic mass is 10.1. The Morgan fingerprint density at radius 2 is 1.90 bits per heavy atom. The summed E-state index contributed by atoms with van der Waals surface area (Å²) in [4.78, 5) is 18.4. The fraction of sp³-hybridized carbons (Fsp3) is 0.0870. The van der Waals surface area contributed by atoms with Crippen molar-refractivity contribution >= 4 is 40.7 Å². The minimum Gasteiger partial charge on any atom is -0.355 e. The maximum Gasteiger partial charge on any atom is 0.252 e. The average molecular weight is 401 g/mol. The first kappa shape index (κ1) is 19.0. The summed E-state index contributed by atoms with van der Waals surface area (Å²) in [6.45, 7) is 2.04. The molecule has 2 aromatic carbocycles. The molecule has 2 N–H and O–H groups in total. The van der Waals surface area contributed by atoms with E-state index in [-0.39, 0.29) is 5.91 Å². The molecular formula is C23H20N4OS. The second-order valence-electron chi connectivity index (χ2n) is 6.53. The van der Waals surface area contributed by atoms with Crippen molar-refractivity contribution in [1.29, 1.82) is 0 Å². The van der Waals surface area contributed by atoms with Gasteiger partial charge in [-0.2, -0.15) is 5.10 Å². The first-order chi connectivity index (χ1) is 14.2. The van der Waals surface area contributed by atoms with Gasteiger partial charge < -0.3 is 5.32 Å². The first-order valence-electron chi connectivity index (χ1n) is 9.22. The Kier molecular flexibility index (Phi) is 5.44. The topological polar surface area (TPSA) is 70.7 Å². The molecule has 2 heterocycles. The first-order valence-corrected chi connectivity index (χ1v) is 10.0. The predicted molar refractivity (Wildman–Crippen MR) is 118 cm³/mol. The van der Waals surface area contributed by atoms with Gasteiger partial charge in [-0.05, 0) is 61.0 Å². The Bertz CT molecular complexity index is 1210. The van der Waals surface area contributed by atoms with Crippen molar-refractivity contribution in [3.05, 3.63) is 83.3 Å². The highest BCUT2D eigenvalue weighted by molar-refractivity contribution is 7.99. The van der Waals surface area contributed by atoms with Crippen molar-refractivity contribution in [3.8, 4) is 0 Å². The van der Waals surface area contributed by atoms with Gasteiger partial charge in [-0.1, -0.05) is 30.0 Å². The third kappa shape index (κ3) is 4.07. The number of carbonyl (C=O) groups excluding carboxylic acids is 1. The molecule has 0 saturated heterocycles. The molecule has 4 rings (SSSR count). The van der Waals surface area contributed by atoms with Gasteiger partial charge in [0, 0.05) is 28.4 Å². The van der Waals surface area contributed by atoms with Crippen LogP contribution in [0, 0.1) is 6.92 Å². The lowest BCUT2D eigenvalue weighted by molar-refractivity contribution is 0.0960. The van der Waals surface area contributed by atoms with Crippen LogP contribution in [0.1, 0.15) is 27.3 Å². The van der Waals surface area contributed by atoms with Crippen molar-refractivity contribution in [2.75, 3.05) is 7.05 Å². The third-order valence-electron chi connectivity index (χ3n) is 4.60. The van der Waals surface area contributed by atoms with Crippen LogP contribution >= 0.6 is 11.8 Å². The zero-order valence-electron chi connectivity index (χ0n) is 16.1. The van der Waals surface area contributed by atoms with Crippen LogP contribution in [-0.2, 0) is 0 Å². The summed E-state index contributed by atoms with van der Waals surface area (Å²) in [6, 6.07) is 17.7. The van der Waals surface area contributed by atoms with E-state index in [1.54, 1.807) is 25.0 Å². The van der Waals surface area contributed by atoms with E-state index in [0.29, 0.717) is 5.56 Å². The highest BCUT2D eigenvalue weighted by atomic mass is 32.2. The number of pyridine rings is 1. The zero-order valence-corrected chi connectivity index (χ0v) is 17.0. The van der Waals surface area contributed by atoms with Gasteiger partial charge in [0.05, 0.1) is 22.5 Å². The maximum absolute atomic E-state index is 12.1. The van der Waals surface area contributed by atoms with Crippen LogP contribution in [0.4, 0.5) is 0 Å². The lowest BCUT2D eigenvalue weighted by Gasteiger charge is -2.08. The molecule has 0 aliphatic heterocycles. The fourth-order valence-electron chi connectivity index (χ4n) is 3.05. The van der Waals surface area contributed by atoms with Crippen LogP contribution in [0.25, 0.3) is 23.1 Å². The van der Waals surface area contributed by atoms with E-state index < -0.39 is 0 Å². The Labute approximate surface area is 173 Å². The predicted octanol–water partition coefficient (Wildman–Crippen LogP) is 4.95. The molecule has 5 nitrogen and oxygen atoms in total. The zero-order chi connectivity index (χ0) is 20.2. The second-order valence-corrected chi connectivity index (χ2v) is 7.65. The number of benzene rings is 2. The molecule has 1 amide bonds. The average Bonchev–Trinajstić information content (AvgIpc) is 3.15. The number of aromatic amines is 1. The summed E-state index contributed by atoms with van der Waals surface area (Å²) >= 11 is 1.56. The van der Waals surface area contributed by atoms with Gasteiger partial charge in [-0.15, -0.1) is 0 Å². The van der Waals surface area contributed by atoms with E-state index >= 15 is 0 Å². The molecule has 0 aliphatic carbocycles. The number of rotatable bonds is 5. The smallest absolute Gasteiger partial charge is 0.252 e. The molecule has 0 atom stereocenters. The van der Waals surface area contributed by atoms with Gasteiger partial charge in [-0.25, -0.2) is 0 Å². The summed E-state index contributed by atoms with van der Waals surface area (Å²) in [5.41, 5.74) is 4.54. The maximum atomic E-state index is 12.1. The van der Waals surface area contributed by atoms with Crippen LogP contribution in [-0.4, -0.2) is 28.1 Å². The monoisotopic (exact) mass is 400 g/mol. The van der Waals surface area contributed by atoms with Gasteiger partial charge in [0.15, 0.2) is 0 Å². The Hall–Kier alpha value is -3.38. The highest BCUT2D eigenvalue weighted by Gasteiger charge is 2.11. The van der Waals surface area contributed by atoms with E-state index in [4.69, 9.17) is 0 Å². The van der Waals surface area contributed by atoms with Crippen LogP contribution in [0.5, 0.6) is 0 Å². The van der Waals surface area contributed by atoms with Crippen molar-refractivity contribution in [2.45, 2.75) is 16.7 Å². The minimum absolute atomic E-state index is 0.0899. The molecule has 0 spiro atoms. The van der Waals surface area contributed by atoms with Crippen molar-refractivity contribution in [1.82, 2.24) is 20.5 Å². The van der Waals surface area contributed by atoms with E-state index in [0.717, 1.165) is 37.6 Å². The van der Waals surface area contributed by atoms with Gasteiger partial charge in [0.1, 0.15) is 0 Å². The molecule has 0 radical (unpaired) electrons. The molecule has 2 aromatic heterocycles. The highest BCUT2D eigenvalue weighted by Crippen LogP contribution is 2.32. The number of H-pyrrole nitrogens is 1. The largest absolute Gasteiger partial charge is 0.355 e. The van der Waals surface area contributed by atoms with E-state index in [2.05, 4.69) is 32.6 Å². The lowest BCUT2D eigenvalue weighted by Crippen LogP contribution is -2.18. The van der Waals surface area contributed by atoms with Gasteiger partial charge in [0.2, 0.25) is 0 Å². The van der Waals surface area contributed by atoms with Crippen LogP contribution < -0.4 is 5.32 Å². The number of hydrogen-bond donors (Lipinski definition) is 2. The standard InChI is InChI=1S/C23H20N4OS/c1-15-6-5-13-25-19(15)11-12-20-17-10-9-16(14-21(17)27-26-20)29-22-8-4-3-7-18(22)23(28)24-2/h3-14H,1-2H3,(H,24,28)(H,26,27)/b12-11+. The van der Waals surface area contributed by atoms with Crippen LogP contribution in [0.15, 0.2) is 70.6 Å². The Morgan fingerprint density at radius 1 is 1.07 bits per heavy atom. The Morgan fingerprint density at radius 3 is 2.72 bits per heavy atom. The van der Waals surface area contributed by atoms with Crippen LogP contribution in [0.2, 0.25) is 0 Å². The van der Waals surface area contributed by atoms with E-state index in [1.807, 2.05) is 61.5 Å². The number of nitrogens with zero attached hydrogens (tertiary/aromatic N) is 2. The van der Waals surface area contributed by atoms with Crippen molar-refractivity contribution in [3.63, 3.8) is 0 Å². The van der Waals surface area contributed by atoms with Crippen LogP contribution in [0.3, 0.4) is 0 Å². The minimum atomic E-state index is -0.0899. The number of aromatic nitrogens is 3. The van der Waals surface area contributed by atoms with Gasteiger partial charge in [-0.3, -0.25) is 14.9 Å². The normalized spacial score (nSPS) is 11.2. The van der Waals surface area contributed by atoms with E-state index in [1.165, 1.54) is 0 Å². The summed E-state index contributed by atoms with van der Waals surface area (Å²) in [6.07, 6.45) is 5.74. The van der Waals surface area contributed by atoms with Crippen molar-refractivity contribution in [2.24, 2.45) is 0 Å². The van der Waals surface area contributed by atoms with E-state index in [9.17, 15) is 4.79 Å². The molecule has 6 heteroatoms. The molecule has 0 unspecified atom stereocenters. The molecule has 0 fully saturated rings. The number of fused-ring (bicyclic) bond motifs is 1. The van der Waals surface area contributed by atoms with Gasteiger partial charge >= 0.3 is 0 Å². The van der Waals surface area contributed by atoms with Gasteiger partial charge in [0.25, 0.3) is 5.91 Å². The number of hydrogen-bond acceptors (Lipinski definition) is 4. The molecule has 4 aromatic rings. The fourth-order valence-corrected chi connectivity index (χ4v) is 4.03. The molecule has 0 aliphatic rings. The SMILES string of the molecule is CNC(=O)c1ccccc1Sc1ccc2c(/C=C/c3ncccc3C)n[nH]c2c1. The number of carbonyl (C=O) groups is 1. The summed E-state index contributed by atoms with van der Waals surface area (Å²) in [5.74, 6) is -0.0899. The molecule has 0 bridgehead atoms. The molecule has 0 saturated carbocycles. The third-order valence-corrected chi connectivity index (χ3v) is 5.66. The summed E-state index contributed by atoms with van der Waals surface area (Å²) in [7, 11) is 1.64. The summed E-state index contributed by atoms with van der Waals surface area (Å²) in [5, 5.41) is 11.3.